The van der Waals surface area contributed by atoms with Crippen LogP contribution in [0.5, 0.6) is 0 Å². The van der Waals surface area contributed by atoms with Crippen LogP contribution in [0.3, 0.4) is 0 Å². The van der Waals surface area contributed by atoms with Crippen molar-refractivity contribution in [1.29, 1.82) is 0 Å². The third kappa shape index (κ3) is 3.56. The second-order valence-electron chi connectivity index (χ2n) is 5.15. The molecule has 0 aliphatic carbocycles. The van der Waals surface area contributed by atoms with Crippen molar-refractivity contribution in [3.63, 3.8) is 0 Å². The molecule has 0 atom stereocenters. The Bertz CT molecular complexity index is 480. The van der Waals surface area contributed by atoms with Gasteiger partial charge in [-0.1, -0.05) is 0 Å². The molecule has 0 saturated heterocycles. The first-order valence-electron chi connectivity index (χ1n) is 5.86. The standard InChI is InChI=1S/C16H18I/c1-16(2,3)13-8-7-11-15(12-13)17-14-9-5-4-6-10-14/h4-12H,1-3H3/q-1. The third-order valence-electron chi connectivity index (χ3n) is 2.64. The molecule has 0 aromatic heterocycles. The zero-order valence-corrected chi connectivity index (χ0v) is 12.7. The van der Waals surface area contributed by atoms with Crippen LogP contribution in [-0.4, -0.2) is 0 Å². The van der Waals surface area contributed by atoms with Gasteiger partial charge in [0.05, 0.1) is 0 Å². The van der Waals surface area contributed by atoms with E-state index in [1.807, 2.05) is 0 Å². The van der Waals surface area contributed by atoms with Gasteiger partial charge in [-0.25, -0.2) is 0 Å². The molecule has 2 rings (SSSR count). The molecule has 2 aromatic rings. The minimum absolute atomic E-state index is 0.0364. The van der Waals surface area contributed by atoms with Crippen molar-refractivity contribution < 1.29 is 21.2 Å². The molecular formula is C16H18I-. The Balaban J connectivity index is 2.23. The molecule has 0 N–H and O–H groups in total. The van der Waals surface area contributed by atoms with Crippen LogP contribution in [0.2, 0.25) is 0 Å². The molecule has 0 aliphatic heterocycles. The van der Waals surface area contributed by atoms with E-state index in [1.165, 1.54) is 12.7 Å². The Hall–Kier alpha value is -0.830. The molecule has 0 bridgehead atoms. The van der Waals surface area contributed by atoms with Crippen molar-refractivity contribution in [3.8, 4) is 0 Å². The Morgan fingerprint density at radius 2 is 1.41 bits per heavy atom. The van der Waals surface area contributed by atoms with Crippen molar-refractivity contribution >= 4 is 0 Å². The van der Waals surface area contributed by atoms with Gasteiger partial charge in [0.2, 0.25) is 0 Å². The molecule has 0 unspecified atom stereocenters. The molecular weight excluding hydrogens is 319 g/mol. The molecule has 0 heterocycles. The summed E-state index contributed by atoms with van der Waals surface area (Å²) in [5.74, 6) is 0. The SMILES string of the molecule is CC(C)(C)c1cccc([I-]c2ccccc2)c1. The summed E-state index contributed by atoms with van der Waals surface area (Å²) in [4.78, 5) is 0. The van der Waals surface area contributed by atoms with E-state index in [4.69, 9.17) is 0 Å². The van der Waals surface area contributed by atoms with Gasteiger partial charge >= 0.3 is 115 Å². The van der Waals surface area contributed by atoms with Gasteiger partial charge in [0.1, 0.15) is 0 Å². The summed E-state index contributed by atoms with van der Waals surface area (Å²) in [5.41, 5.74) is 1.68. The van der Waals surface area contributed by atoms with Crippen LogP contribution < -0.4 is 21.2 Å². The predicted octanol–water partition coefficient (Wildman–Crippen LogP) is 1.11. The molecule has 0 radical (unpaired) electrons. The average Bonchev–Trinajstić information content (AvgIpc) is 2.29. The number of benzene rings is 2. The quantitative estimate of drug-likeness (QED) is 0.721. The van der Waals surface area contributed by atoms with Gasteiger partial charge < -0.3 is 0 Å². The van der Waals surface area contributed by atoms with Crippen LogP contribution in [0.25, 0.3) is 0 Å². The molecule has 0 spiro atoms. The van der Waals surface area contributed by atoms with Gasteiger partial charge in [-0.3, -0.25) is 0 Å². The number of halogens is 1. The monoisotopic (exact) mass is 337 g/mol. The Kier molecular flexibility index (Phi) is 3.87. The van der Waals surface area contributed by atoms with E-state index in [1.54, 1.807) is 0 Å². The maximum atomic E-state index is 2.38. The van der Waals surface area contributed by atoms with Crippen molar-refractivity contribution in [2.45, 2.75) is 26.2 Å². The first-order chi connectivity index (χ1) is 8.05. The van der Waals surface area contributed by atoms with E-state index >= 15 is 0 Å². The van der Waals surface area contributed by atoms with Crippen LogP contribution in [0.1, 0.15) is 26.3 Å². The Morgan fingerprint density at radius 3 is 2.06 bits per heavy atom. The summed E-state index contributed by atoms with van der Waals surface area (Å²) in [6, 6.07) is 19.9. The summed E-state index contributed by atoms with van der Waals surface area (Å²) in [5, 5.41) is 0. The molecule has 0 fully saturated rings. The second kappa shape index (κ2) is 5.21. The van der Waals surface area contributed by atoms with Crippen LogP contribution >= 0.6 is 0 Å². The summed E-state index contributed by atoms with van der Waals surface area (Å²) in [6.45, 7) is 6.81. The molecule has 1 heteroatoms. The van der Waals surface area contributed by atoms with Crippen molar-refractivity contribution in [3.05, 3.63) is 67.3 Å². The fourth-order valence-corrected chi connectivity index (χ4v) is 3.99. The second-order valence-corrected chi connectivity index (χ2v) is 8.18. The molecule has 0 nitrogen and oxygen atoms in total. The minimum atomic E-state index is -0.0364. The van der Waals surface area contributed by atoms with E-state index in [0.29, 0.717) is 0 Å². The van der Waals surface area contributed by atoms with Gasteiger partial charge in [-0.05, 0) is 0 Å². The van der Waals surface area contributed by atoms with Crippen LogP contribution in [-0.2, 0) is 5.41 Å². The zero-order chi connectivity index (χ0) is 12.3. The first-order valence-corrected chi connectivity index (χ1v) is 8.02. The summed E-state index contributed by atoms with van der Waals surface area (Å²) in [6.07, 6.45) is 0. The number of rotatable bonds is 2. The average molecular weight is 337 g/mol. The van der Waals surface area contributed by atoms with Gasteiger partial charge in [0.25, 0.3) is 0 Å². The molecule has 0 aliphatic rings. The third-order valence-corrected chi connectivity index (χ3v) is 5.28. The normalized spacial score (nSPS) is 11.7. The van der Waals surface area contributed by atoms with E-state index in [2.05, 4.69) is 75.4 Å². The molecule has 17 heavy (non-hydrogen) atoms. The maximum absolute atomic E-state index is 2.38. The van der Waals surface area contributed by atoms with Gasteiger partial charge in [-0.15, -0.1) is 0 Å². The van der Waals surface area contributed by atoms with E-state index in [-0.39, 0.29) is 26.6 Å². The molecule has 90 valence electrons. The van der Waals surface area contributed by atoms with E-state index in [9.17, 15) is 0 Å². The Labute approximate surface area is 114 Å². The van der Waals surface area contributed by atoms with Crippen LogP contribution in [0.15, 0.2) is 54.6 Å². The van der Waals surface area contributed by atoms with Crippen molar-refractivity contribution in [2.75, 3.05) is 0 Å². The van der Waals surface area contributed by atoms with E-state index < -0.39 is 0 Å². The van der Waals surface area contributed by atoms with Crippen molar-refractivity contribution in [1.82, 2.24) is 0 Å². The number of hydrogen-bond acceptors (Lipinski definition) is 0. The topological polar surface area (TPSA) is 0 Å². The van der Waals surface area contributed by atoms with Gasteiger partial charge in [-0.2, -0.15) is 0 Å². The summed E-state index contributed by atoms with van der Waals surface area (Å²) < 4.78 is 2.99. The van der Waals surface area contributed by atoms with E-state index in [0.717, 1.165) is 0 Å². The summed E-state index contributed by atoms with van der Waals surface area (Å²) >= 11 is -0.0364. The predicted molar refractivity (Wildman–Crippen MR) is 69.0 cm³/mol. The van der Waals surface area contributed by atoms with Gasteiger partial charge in [0, 0.05) is 0 Å². The zero-order valence-electron chi connectivity index (χ0n) is 10.6. The fraction of sp³-hybridized carbons (Fsp3) is 0.250. The summed E-state index contributed by atoms with van der Waals surface area (Å²) in [7, 11) is 0. The fourth-order valence-electron chi connectivity index (χ4n) is 1.62. The molecule has 0 amide bonds. The van der Waals surface area contributed by atoms with Gasteiger partial charge in [0.15, 0.2) is 0 Å². The van der Waals surface area contributed by atoms with Crippen LogP contribution in [0.4, 0.5) is 0 Å². The van der Waals surface area contributed by atoms with Crippen LogP contribution in [0, 0.1) is 7.14 Å². The first kappa shape index (κ1) is 12.6. The number of hydrogen-bond donors (Lipinski definition) is 0. The molecule has 2 aromatic carbocycles. The van der Waals surface area contributed by atoms with Crippen molar-refractivity contribution in [2.24, 2.45) is 0 Å². The molecule has 0 saturated carbocycles. The Morgan fingerprint density at radius 1 is 0.765 bits per heavy atom.